The molecule has 0 aromatic heterocycles. The van der Waals surface area contributed by atoms with Crippen LogP contribution in [-0.2, 0) is 4.79 Å². The van der Waals surface area contributed by atoms with Crippen molar-refractivity contribution in [2.24, 2.45) is 0 Å². The summed E-state index contributed by atoms with van der Waals surface area (Å²) in [5.41, 5.74) is 5.20. The summed E-state index contributed by atoms with van der Waals surface area (Å²) in [5, 5.41) is 19.2. The van der Waals surface area contributed by atoms with E-state index in [1.54, 1.807) is 0 Å². The molecule has 0 aliphatic rings. The van der Waals surface area contributed by atoms with Crippen LogP contribution in [0, 0.1) is 5.82 Å². The standard InChI is InChI=1S/C11H14FNO3S/c1-6(14)17-5-9(15)11(16)7-3-2-4-8(13)10(7)12/h2-4,9,11,15-16H,5,13H2,1H3. The third-order valence-electron chi connectivity index (χ3n) is 2.20. The van der Waals surface area contributed by atoms with Crippen LogP contribution in [0.5, 0.6) is 0 Å². The Morgan fingerprint density at radius 2 is 2.18 bits per heavy atom. The number of aliphatic hydroxyl groups excluding tert-OH is 2. The van der Waals surface area contributed by atoms with E-state index < -0.39 is 18.0 Å². The summed E-state index contributed by atoms with van der Waals surface area (Å²) in [6.07, 6.45) is -2.62. The average Bonchev–Trinajstić information content (AvgIpc) is 2.28. The third-order valence-corrected chi connectivity index (χ3v) is 3.11. The highest BCUT2D eigenvalue weighted by molar-refractivity contribution is 8.13. The Kier molecular flexibility index (Phi) is 4.92. The summed E-state index contributed by atoms with van der Waals surface area (Å²) < 4.78 is 13.5. The largest absolute Gasteiger partial charge is 0.396 e. The zero-order chi connectivity index (χ0) is 13.0. The first-order chi connectivity index (χ1) is 7.93. The summed E-state index contributed by atoms with van der Waals surface area (Å²) in [7, 11) is 0. The molecule has 4 nitrogen and oxygen atoms in total. The van der Waals surface area contributed by atoms with Gasteiger partial charge in [-0.05, 0) is 6.07 Å². The lowest BCUT2D eigenvalue weighted by Gasteiger charge is -2.18. The SMILES string of the molecule is CC(=O)SCC(O)C(O)c1cccc(N)c1F. The van der Waals surface area contributed by atoms with E-state index >= 15 is 0 Å². The van der Waals surface area contributed by atoms with Gasteiger partial charge in [-0.3, -0.25) is 4.79 Å². The van der Waals surface area contributed by atoms with Crippen LogP contribution in [-0.4, -0.2) is 27.2 Å². The smallest absolute Gasteiger partial charge is 0.185 e. The van der Waals surface area contributed by atoms with Crippen molar-refractivity contribution in [3.8, 4) is 0 Å². The van der Waals surface area contributed by atoms with Crippen LogP contribution >= 0.6 is 11.8 Å². The number of hydrogen-bond acceptors (Lipinski definition) is 5. The van der Waals surface area contributed by atoms with E-state index in [1.165, 1.54) is 25.1 Å². The molecule has 1 aromatic carbocycles. The van der Waals surface area contributed by atoms with Crippen LogP contribution in [0.4, 0.5) is 10.1 Å². The van der Waals surface area contributed by atoms with E-state index in [0.717, 1.165) is 11.8 Å². The van der Waals surface area contributed by atoms with Crippen molar-refractivity contribution < 1.29 is 19.4 Å². The summed E-state index contributed by atoms with van der Waals surface area (Å²) in [6, 6.07) is 4.20. The molecule has 1 aromatic rings. The Morgan fingerprint density at radius 1 is 1.53 bits per heavy atom. The second-order valence-corrected chi connectivity index (χ2v) is 4.76. The molecule has 4 N–H and O–H groups in total. The maximum atomic E-state index is 13.5. The normalized spacial score (nSPS) is 14.4. The lowest BCUT2D eigenvalue weighted by molar-refractivity contribution is -0.109. The Morgan fingerprint density at radius 3 is 2.76 bits per heavy atom. The van der Waals surface area contributed by atoms with Gasteiger partial charge in [0.05, 0.1) is 11.8 Å². The molecule has 0 radical (unpaired) electrons. The minimum absolute atomic E-state index is 0.00470. The van der Waals surface area contributed by atoms with Gasteiger partial charge >= 0.3 is 0 Å². The van der Waals surface area contributed by atoms with Gasteiger partial charge in [-0.15, -0.1) is 0 Å². The number of carbonyl (C=O) groups is 1. The van der Waals surface area contributed by atoms with E-state index in [1.807, 2.05) is 0 Å². The number of anilines is 1. The molecule has 94 valence electrons. The fourth-order valence-corrected chi connectivity index (χ4v) is 1.89. The van der Waals surface area contributed by atoms with E-state index in [2.05, 4.69) is 0 Å². The number of carbonyl (C=O) groups excluding carboxylic acids is 1. The highest BCUT2D eigenvalue weighted by atomic mass is 32.2. The van der Waals surface area contributed by atoms with Crippen molar-refractivity contribution >= 4 is 22.6 Å². The molecular weight excluding hydrogens is 245 g/mol. The molecule has 0 bridgehead atoms. The second-order valence-electron chi connectivity index (χ2n) is 3.57. The number of halogens is 1. The van der Waals surface area contributed by atoms with E-state index in [-0.39, 0.29) is 22.1 Å². The lowest BCUT2D eigenvalue weighted by atomic mass is 10.0. The average molecular weight is 259 g/mol. The minimum Gasteiger partial charge on any atom is -0.396 e. The molecule has 6 heteroatoms. The number of hydrogen-bond donors (Lipinski definition) is 3. The molecule has 17 heavy (non-hydrogen) atoms. The summed E-state index contributed by atoms with van der Waals surface area (Å²) in [6.45, 7) is 1.35. The molecule has 0 amide bonds. The van der Waals surface area contributed by atoms with Crippen molar-refractivity contribution in [3.63, 3.8) is 0 Å². The van der Waals surface area contributed by atoms with Crippen molar-refractivity contribution in [2.75, 3.05) is 11.5 Å². The topological polar surface area (TPSA) is 83.5 Å². The van der Waals surface area contributed by atoms with Gasteiger partial charge in [0.2, 0.25) is 0 Å². The fraction of sp³-hybridized carbons (Fsp3) is 0.364. The molecule has 2 unspecified atom stereocenters. The molecular formula is C11H14FNO3S. The van der Waals surface area contributed by atoms with Gasteiger partial charge in [-0.1, -0.05) is 23.9 Å². The van der Waals surface area contributed by atoms with Crippen LogP contribution in [0.1, 0.15) is 18.6 Å². The van der Waals surface area contributed by atoms with Gasteiger partial charge in [-0.25, -0.2) is 4.39 Å². The zero-order valence-electron chi connectivity index (χ0n) is 9.26. The van der Waals surface area contributed by atoms with Gasteiger partial charge in [0.25, 0.3) is 0 Å². The fourth-order valence-electron chi connectivity index (χ4n) is 1.30. The summed E-state index contributed by atoms with van der Waals surface area (Å²) >= 11 is 0.870. The van der Waals surface area contributed by atoms with Crippen molar-refractivity contribution in [3.05, 3.63) is 29.6 Å². The van der Waals surface area contributed by atoms with E-state index in [0.29, 0.717) is 0 Å². The molecule has 1 rings (SSSR count). The number of benzene rings is 1. The molecule has 0 aliphatic heterocycles. The number of thioether (sulfide) groups is 1. The van der Waals surface area contributed by atoms with Gasteiger partial charge in [0.1, 0.15) is 6.10 Å². The molecule has 0 saturated heterocycles. The molecule has 0 heterocycles. The molecule has 0 saturated carbocycles. The second kappa shape index (κ2) is 6.00. The van der Waals surface area contributed by atoms with Crippen LogP contribution in [0.15, 0.2) is 18.2 Å². The molecule has 0 fully saturated rings. The van der Waals surface area contributed by atoms with Crippen LogP contribution in [0.3, 0.4) is 0 Å². The Hall–Kier alpha value is -1.11. The Labute approximate surface area is 103 Å². The zero-order valence-corrected chi connectivity index (χ0v) is 10.1. The molecule has 0 aliphatic carbocycles. The lowest BCUT2D eigenvalue weighted by Crippen LogP contribution is -2.22. The van der Waals surface area contributed by atoms with Crippen LogP contribution < -0.4 is 5.73 Å². The molecule has 0 spiro atoms. The van der Waals surface area contributed by atoms with Crippen LogP contribution in [0.25, 0.3) is 0 Å². The minimum atomic E-state index is -1.40. The first-order valence-corrected chi connectivity index (χ1v) is 5.95. The first-order valence-electron chi connectivity index (χ1n) is 4.97. The summed E-state index contributed by atoms with van der Waals surface area (Å²) in [5.74, 6) is -0.739. The van der Waals surface area contributed by atoms with Gasteiger partial charge in [0, 0.05) is 18.2 Å². The number of aliphatic hydroxyl groups is 2. The Balaban J connectivity index is 2.77. The van der Waals surface area contributed by atoms with Crippen molar-refractivity contribution in [1.82, 2.24) is 0 Å². The van der Waals surface area contributed by atoms with Crippen molar-refractivity contribution in [2.45, 2.75) is 19.1 Å². The molecule has 2 atom stereocenters. The van der Waals surface area contributed by atoms with E-state index in [4.69, 9.17) is 5.73 Å². The van der Waals surface area contributed by atoms with Gasteiger partial charge < -0.3 is 15.9 Å². The monoisotopic (exact) mass is 259 g/mol. The van der Waals surface area contributed by atoms with E-state index in [9.17, 15) is 19.4 Å². The quantitative estimate of drug-likeness (QED) is 0.705. The number of nitrogen functional groups attached to an aromatic ring is 1. The highest BCUT2D eigenvalue weighted by Gasteiger charge is 2.22. The van der Waals surface area contributed by atoms with Crippen molar-refractivity contribution in [1.29, 1.82) is 0 Å². The van der Waals surface area contributed by atoms with Gasteiger partial charge in [-0.2, -0.15) is 0 Å². The predicted octanol–water partition coefficient (Wildman–Crippen LogP) is 1.08. The van der Waals surface area contributed by atoms with Gasteiger partial charge in [0.15, 0.2) is 10.9 Å². The Bertz CT molecular complexity index is 414. The first kappa shape index (κ1) is 14.0. The third kappa shape index (κ3) is 3.69. The number of rotatable bonds is 4. The maximum absolute atomic E-state index is 13.5. The summed E-state index contributed by atoms with van der Waals surface area (Å²) in [4.78, 5) is 10.7. The highest BCUT2D eigenvalue weighted by Crippen LogP contribution is 2.25. The maximum Gasteiger partial charge on any atom is 0.185 e. The predicted molar refractivity (Wildman–Crippen MR) is 64.9 cm³/mol. The van der Waals surface area contributed by atoms with Crippen LogP contribution in [0.2, 0.25) is 0 Å². The number of nitrogens with two attached hydrogens (primary N) is 1.